The predicted molar refractivity (Wildman–Crippen MR) is 68.2 cm³/mol. The van der Waals surface area contributed by atoms with E-state index in [9.17, 15) is 4.39 Å². The van der Waals surface area contributed by atoms with Crippen LogP contribution in [0.2, 0.25) is 0 Å². The minimum atomic E-state index is -0.240. The van der Waals surface area contributed by atoms with Crippen molar-refractivity contribution in [1.82, 2.24) is 10.5 Å². The van der Waals surface area contributed by atoms with E-state index in [0.29, 0.717) is 18.1 Å². The molecule has 1 aliphatic heterocycles. The monoisotopic (exact) mass is 245 g/mol. The Bertz CT molecular complexity index is 599. The molecule has 5 N–H and O–H groups in total. The number of fused-ring (bicyclic) bond motifs is 1. The largest absolute Gasteiger partial charge is 0.384 e. The SMILES string of the molecule is Nc1cc(Cc2cccc(F)c2)c2c(n1)NNN2. The quantitative estimate of drug-likeness (QED) is 0.647. The van der Waals surface area contributed by atoms with Crippen molar-refractivity contribution in [3.05, 3.63) is 47.3 Å². The summed E-state index contributed by atoms with van der Waals surface area (Å²) in [5.41, 5.74) is 17.0. The molecule has 1 aromatic carbocycles. The number of nitrogens with zero attached hydrogens (tertiary/aromatic N) is 1. The Morgan fingerprint density at radius 3 is 2.94 bits per heavy atom. The maximum absolute atomic E-state index is 13.1. The standard InChI is InChI=1S/C12H12FN5/c13-9-3-1-2-7(5-9)4-8-6-10(14)15-12-11(8)16-18-17-12/h1-3,5-6,16,18H,4H2,(H3,14,15,17). The highest BCUT2D eigenvalue weighted by Gasteiger charge is 2.16. The van der Waals surface area contributed by atoms with Crippen LogP contribution >= 0.6 is 0 Å². The van der Waals surface area contributed by atoms with Gasteiger partial charge in [-0.15, -0.1) is 5.53 Å². The lowest BCUT2D eigenvalue weighted by atomic mass is 10.0. The third-order valence-corrected chi connectivity index (χ3v) is 2.77. The number of hydrazine groups is 2. The van der Waals surface area contributed by atoms with Gasteiger partial charge in [0.1, 0.15) is 11.6 Å². The molecular weight excluding hydrogens is 233 g/mol. The maximum Gasteiger partial charge on any atom is 0.169 e. The molecule has 0 bridgehead atoms. The molecule has 0 unspecified atom stereocenters. The molecule has 0 saturated carbocycles. The number of pyridine rings is 1. The third kappa shape index (κ3) is 1.93. The van der Waals surface area contributed by atoms with Crippen LogP contribution in [-0.4, -0.2) is 4.98 Å². The van der Waals surface area contributed by atoms with Crippen molar-refractivity contribution in [3.8, 4) is 0 Å². The second-order valence-corrected chi connectivity index (χ2v) is 4.11. The van der Waals surface area contributed by atoms with Gasteiger partial charge in [0.2, 0.25) is 0 Å². The summed E-state index contributed by atoms with van der Waals surface area (Å²) in [6, 6.07) is 8.29. The number of anilines is 3. The zero-order valence-electron chi connectivity index (χ0n) is 9.50. The van der Waals surface area contributed by atoms with E-state index >= 15 is 0 Å². The lowest BCUT2D eigenvalue weighted by Gasteiger charge is -2.08. The second-order valence-electron chi connectivity index (χ2n) is 4.11. The number of rotatable bonds is 2. The van der Waals surface area contributed by atoms with Crippen LogP contribution in [0.25, 0.3) is 0 Å². The number of hydrogen-bond donors (Lipinski definition) is 4. The van der Waals surface area contributed by atoms with Crippen molar-refractivity contribution in [1.29, 1.82) is 0 Å². The summed E-state index contributed by atoms with van der Waals surface area (Å²) in [6.07, 6.45) is 0.586. The van der Waals surface area contributed by atoms with Crippen molar-refractivity contribution in [2.24, 2.45) is 0 Å². The van der Waals surface area contributed by atoms with Gasteiger partial charge in [-0.05, 0) is 35.7 Å². The smallest absolute Gasteiger partial charge is 0.169 e. The van der Waals surface area contributed by atoms with Gasteiger partial charge >= 0.3 is 0 Å². The number of halogens is 1. The molecule has 6 heteroatoms. The Morgan fingerprint density at radius 1 is 1.22 bits per heavy atom. The molecule has 18 heavy (non-hydrogen) atoms. The fraction of sp³-hybridized carbons (Fsp3) is 0.0833. The lowest BCUT2D eigenvalue weighted by molar-refractivity contribution is 0.626. The van der Waals surface area contributed by atoms with E-state index in [2.05, 4.69) is 21.4 Å². The average molecular weight is 245 g/mol. The first kappa shape index (κ1) is 10.8. The first-order valence-electron chi connectivity index (χ1n) is 5.53. The van der Waals surface area contributed by atoms with Gasteiger partial charge in [0, 0.05) is 0 Å². The Kier molecular flexibility index (Phi) is 2.49. The van der Waals surface area contributed by atoms with Gasteiger partial charge in [0.05, 0.1) is 5.69 Å². The molecule has 0 amide bonds. The van der Waals surface area contributed by atoms with Crippen LogP contribution in [0.4, 0.5) is 21.7 Å². The molecule has 0 atom stereocenters. The van der Waals surface area contributed by atoms with Crippen LogP contribution in [0.5, 0.6) is 0 Å². The summed E-state index contributed by atoms with van der Waals surface area (Å²) in [5.74, 6) is 0.843. The summed E-state index contributed by atoms with van der Waals surface area (Å²) >= 11 is 0. The molecule has 0 fully saturated rings. The van der Waals surface area contributed by atoms with Gasteiger partial charge in [-0.2, -0.15) is 0 Å². The van der Waals surface area contributed by atoms with Gasteiger partial charge in [0.25, 0.3) is 0 Å². The fourth-order valence-corrected chi connectivity index (χ4v) is 2.01. The van der Waals surface area contributed by atoms with Gasteiger partial charge < -0.3 is 11.2 Å². The molecule has 2 aromatic rings. The molecule has 1 aromatic heterocycles. The minimum Gasteiger partial charge on any atom is -0.384 e. The van der Waals surface area contributed by atoms with Gasteiger partial charge in [0.15, 0.2) is 5.82 Å². The van der Waals surface area contributed by atoms with Gasteiger partial charge in [-0.1, -0.05) is 12.1 Å². The summed E-state index contributed by atoms with van der Waals surface area (Å²) < 4.78 is 13.1. The normalized spacial score (nSPS) is 12.7. The van der Waals surface area contributed by atoms with Crippen molar-refractivity contribution < 1.29 is 4.39 Å². The van der Waals surface area contributed by atoms with E-state index in [-0.39, 0.29) is 5.82 Å². The second kappa shape index (κ2) is 4.15. The number of nitrogens with two attached hydrogens (primary N) is 1. The highest BCUT2D eigenvalue weighted by Crippen LogP contribution is 2.30. The summed E-state index contributed by atoms with van der Waals surface area (Å²) in [5, 5.41) is 0. The first-order chi connectivity index (χ1) is 8.72. The van der Waals surface area contributed by atoms with Gasteiger partial charge in [-0.3, -0.25) is 5.43 Å². The summed E-state index contributed by atoms with van der Waals surface area (Å²) in [6.45, 7) is 0. The topological polar surface area (TPSA) is 75.0 Å². The van der Waals surface area contributed by atoms with Gasteiger partial charge in [-0.25, -0.2) is 9.37 Å². The molecule has 0 saturated heterocycles. The highest BCUT2D eigenvalue weighted by molar-refractivity contribution is 5.74. The molecule has 0 spiro atoms. The average Bonchev–Trinajstić information content (AvgIpc) is 2.77. The Balaban J connectivity index is 1.98. The van der Waals surface area contributed by atoms with E-state index in [1.807, 2.05) is 6.07 Å². The third-order valence-electron chi connectivity index (χ3n) is 2.77. The maximum atomic E-state index is 13.1. The van der Waals surface area contributed by atoms with Crippen LogP contribution < -0.4 is 22.1 Å². The van der Waals surface area contributed by atoms with Crippen LogP contribution in [-0.2, 0) is 6.42 Å². The number of nitrogen functional groups attached to an aromatic ring is 1. The Labute approximate surface area is 103 Å². The Hall–Kier alpha value is -2.34. The Morgan fingerprint density at radius 2 is 2.11 bits per heavy atom. The van der Waals surface area contributed by atoms with Crippen LogP contribution in [0.1, 0.15) is 11.1 Å². The van der Waals surface area contributed by atoms with Crippen molar-refractivity contribution >= 4 is 17.3 Å². The van der Waals surface area contributed by atoms with Crippen molar-refractivity contribution in [2.75, 3.05) is 16.6 Å². The number of aromatic nitrogens is 1. The van der Waals surface area contributed by atoms with E-state index in [4.69, 9.17) is 5.73 Å². The molecule has 0 aliphatic carbocycles. The van der Waals surface area contributed by atoms with Crippen LogP contribution in [0.15, 0.2) is 30.3 Å². The van der Waals surface area contributed by atoms with Crippen molar-refractivity contribution in [3.63, 3.8) is 0 Å². The molecule has 3 rings (SSSR count). The van der Waals surface area contributed by atoms with E-state index < -0.39 is 0 Å². The highest BCUT2D eigenvalue weighted by atomic mass is 19.1. The number of hydrogen-bond acceptors (Lipinski definition) is 5. The van der Waals surface area contributed by atoms with Crippen LogP contribution in [0.3, 0.4) is 0 Å². The van der Waals surface area contributed by atoms with Crippen LogP contribution in [0, 0.1) is 5.82 Å². The molecule has 92 valence electrons. The molecular formula is C12H12FN5. The predicted octanol–water partition coefficient (Wildman–Crippen LogP) is 1.65. The minimum absolute atomic E-state index is 0.240. The lowest BCUT2D eigenvalue weighted by Crippen LogP contribution is -2.19. The van der Waals surface area contributed by atoms with E-state index in [1.54, 1.807) is 12.1 Å². The summed E-state index contributed by atoms with van der Waals surface area (Å²) in [7, 11) is 0. The molecule has 0 radical (unpaired) electrons. The zero-order chi connectivity index (χ0) is 12.5. The number of benzene rings is 1. The molecule has 1 aliphatic rings. The summed E-state index contributed by atoms with van der Waals surface area (Å²) in [4.78, 5) is 4.14. The van der Waals surface area contributed by atoms with E-state index in [0.717, 1.165) is 16.8 Å². The van der Waals surface area contributed by atoms with E-state index in [1.165, 1.54) is 12.1 Å². The molecule has 5 nitrogen and oxygen atoms in total. The van der Waals surface area contributed by atoms with Crippen molar-refractivity contribution in [2.45, 2.75) is 6.42 Å². The molecule has 2 heterocycles. The fourth-order valence-electron chi connectivity index (χ4n) is 2.01. The number of nitrogens with one attached hydrogen (secondary N) is 3. The zero-order valence-corrected chi connectivity index (χ0v) is 9.50. The first-order valence-corrected chi connectivity index (χ1v) is 5.53.